The van der Waals surface area contributed by atoms with Crippen molar-refractivity contribution in [2.45, 2.75) is 32.2 Å². The van der Waals surface area contributed by atoms with Crippen LogP contribution < -0.4 is 10.6 Å². The molecule has 1 fully saturated rings. The second-order valence-corrected chi connectivity index (χ2v) is 4.68. The van der Waals surface area contributed by atoms with E-state index in [1.54, 1.807) is 0 Å². The van der Waals surface area contributed by atoms with Crippen LogP contribution in [0.1, 0.15) is 30.4 Å². The number of aryl methyl sites for hydroxylation is 1. The van der Waals surface area contributed by atoms with E-state index in [1.807, 2.05) is 25.1 Å². The normalized spacial score (nSPS) is 13.4. The minimum absolute atomic E-state index is 0.0633. The Balaban J connectivity index is 2.02. The molecule has 0 bridgehead atoms. The maximum absolute atomic E-state index is 11.6. The lowest BCUT2D eigenvalue weighted by Crippen LogP contribution is -2.30. The maximum Gasteiger partial charge on any atom is 0.319 e. The predicted molar refractivity (Wildman–Crippen MR) is 74.9 cm³/mol. The molecule has 2 rings (SSSR count). The fourth-order valence-electron chi connectivity index (χ4n) is 1.63. The molecule has 100 valence electrons. The fourth-order valence-corrected chi connectivity index (χ4v) is 1.63. The van der Waals surface area contributed by atoms with Crippen molar-refractivity contribution in [2.75, 3.05) is 11.9 Å². The van der Waals surface area contributed by atoms with Crippen LogP contribution in [0.4, 0.5) is 10.5 Å². The number of aliphatic hydroxyl groups excluding tert-OH is 1. The number of rotatable bonds is 3. The van der Waals surface area contributed by atoms with Crippen molar-refractivity contribution in [3.8, 4) is 11.8 Å². The molecule has 1 aromatic carbocycles. The maximum atomic E-state index is 11.6. The highest BCUT2D eigenvalue weighted by atomic mass is 16.2. The van der Waals surface area contributed by atoms with Crippen LogP contribution in [-0.2, 0) is 0 Å². The molecular formula is C15H18N2O2. The van der Waals surface area contributed by atoms with Gasteiger partial charge < -0.3 is 15.7 Å². The highest BCUT2D eigenvalue weighted by molar-refractivity contribution is 5.89. The van der Waals surface area contributed by atoms with Gasteiger partial charge in [0.15, 0.2) is 0 Å². The number of carbonyl (C=O) groups excluding carboxylic acids is 1. The van der Waals surface area contributed by atoms with Crippen LogP contribution in [0.3, 0.4) is 0 Å². The van der Waals surface area contributed by atoms with E-state index in [0.29, 0.717) is 12.5 Å². The largest absolute Gasteiger partial charge is 0.395 e. The summed E-state index contributed by atoms with van der Waals surface area (Å²) in [5.74, 6) is 5.89. The molecule has 1 aromatic rings. The molecule has 4 heteroatoms. The van der Waals surface area contributed by atoms with Crippen LogP contribution in [0.25, 0.3) is 0 Å². The van der Waals surface area contributed by atoms with Crippen molar-refractivity contribution >= 4 is 11.7 Å². The van der Waals surface area contributed by atoms with Gasteiger partial charge in [-0.25, -0.2) is 4.79 Å². The Morgan fingerprint density at radius 2 is 2.26 bits per heavy atom. The van der Waals surface area contributed by atoms with Gasteiger partial charge in [0.1, 0.15) is 0 Å². The molecule has 3 N–H and O–H groups in total. The molecular weight excluding hydrogens is 240 g/mol. The standard InChI is InChI=1S/C15H18N2O2/c1-11-5-6-14(10-12(11)4-2-3-9-18)17-15(19)16-13-7-8-13/h5-6,10,13,18H,3,7-9H2,1H3,(H2,16,17,19). The molecule has 1 saturated carbocycles. The van der Waals surface area contributed by atoms with Gasteiger partial charge in [0.2, 0.25) is 0 Å². The Labute approximate surface area is 113 Å². The first-order chi connectivity index (χ1) is 9.19. The molecule has 0 aromatic heterocycles. The SMILES string of the molecule is Cc1ccc(NC(=O)NC2CC2)cc1C#CCCO. The Kier molecular flexibility index (Phi) is 4.43. The number of anilines is 1. The van der Waals surface area contributed by atoms with E-state index in [0.717, 1.165) is 29.7 Å². The van der Waals surface area contributed by atoms with E-state index in [2.05, 4.69) is 22.5 Å². The van der Waals surface area contributed by atoms with Crippen LogP contribution in [0.5, 0.6) is 0 Å². The number of hydrogen-bond donors (Lipinski definition) is 3. The average molecular weight is 258 g/mol. The highest BCUT2D eigenvalue weighted by Crippen LogP contribution is 2.19. The molecule has 19 heavy (non-hydrogen) atoms. The fraction of sp³-hybridized carbons (Fsp3) is 0.400. The summed E-state index contributed by atoms with van der Waals surface area (Å²) >= 11 is 0. The number of nitrogens with one attached hydrogen (secondary N) is 2. The van der Waals surface area contributed by atoms with Gasteiger partial charge in [-0.3, -0.25) is 0 Å². The quantitative estimate of drug-likeness (QED) is 0.726. The zero-order valence-electron chi connectivity index (χ0n) is 11.0. The lowest BCUT2D eigenvalue weighted by Gasteiger charge is -2.08. The minimum Gasteiger partial charge on any atom is -0.395 e. The molecule has 0 unspecified atom stereocenters. The molecule has 0 saturated heterocycles. The van der Waals surface area contributed by atoms with Crippen molar-refractivity contribution in [2.24, 2.45) is 0 Å². The van der Waals surface area contributed by atoms with Gasteiger partial charge in [0.25, 0.3) is 0 Å². The summed E-state index contributed by atoms with van der Waals surface area (Å²) in [6.07, 6.45) is 2.59. The summed E-state index contributed by atoms with van der Waals surface area (Å²) in [7, 11) is 0. The molecule has 1 aliphatic rings. The van der Waals surface area contributed by atoms with E-state index in [4.69, 9.17) is 5.11 Å². The van der Waals surface area contributed by atoms with Gasteiger partial charge in [-0.2, -0.15) is 0 Å². The number of aliphatic hydroxyl groups is 1. The molecule has 0 spiro atoms. The summed E-state index contributed by atoms with van der Waals surface area (Å²) < 4.78 is 0. The van der Waals surface area contributed by atoms with Gasteiger partial charge in [-0.15, -0.1) is 0 Å². The molecule has 0 radical (unpaired) electrons. The number of benzene rings is 1. The molecule has 0 aliphatic heterocycles. The van der Waals surface area contributed by atoms with Gasteiger partial charge in [0.05, 0.1) is 6.61 Å². The molecule has 2 amide bonds. The number of carbonyl (C=O) groups is 1. The van der Waals surface area contributed by atoms with Crippen LogP contribution in [0.2, 0.25) is 0 Å². The van der Waals surface area contributed by atoms with E-state index in [1.165, 1.54) is 0 Å². The first-order valence-corrected chi connectivity index (χ1v) is 6.47. The third kappa shape index (κ3) is 4.31. The third-order valence-corrected chi connectivity index (χ3v) is 2.87. The second kappa shape index (κ2) is 6.26. The topological polar surface area (TPSA) is 61.4 Å². The van der Waals surface area contributed by atoms with Crippen molar-refractivity contribution in [3.05, 3.63) is 29.3 Å². The summed E-state index contributed by atoms with van der Waals surface area (Å²) in [4.78, 5) is 11.6. The number of urea groups is 1. The van der Waals surface area contributed by atoms with E-state index in [9.17, 15) is 4.79 Å². The van der Waals surface area contributed by atoms with Crippen LogP contribution in [-0.4, -0.2) is 23.8 Å². The van der Waals surface area contributed by atoms with Gasteiger partial charge in [-0.05, 0) is 37.5 Å². The third-order valence-electron chi connectivity index (χ3n) is 2.87. The Bertz CT molecular complexity index is 525. The van der Waals surface area contributed by atoms with Crippen molar-refractivity contribution < 1.29 is 9.90 Å². The van der Waals surface area contributed by atoms with Crippen molar-refractivity contribution in [3.63, 3.8) is 0 Å². The summed E-state index contributed by atoms with van der Waals surface area (Å²) in [5.41, 5.74) is 2.66. The van der Waals surface area contributed by atoms with Crippen LogP contribution >= 0.6 is 0 Å². The molecule has 1 aliphatic carbocycles. The summed E-state index contributed by atoms with van der Waals surface area (Å²) in [6, 6.07) is 5.82. The predicted octanol–water partition coefficient (Wildman–Crippen LogP) is 2.01. The lowest BCUT2D eigenvalue weighted by molar-refractivity contribution is 0.251. The van der Waals surface area contributed by atoms with Gasteiger partial charge >= 0.3 is 6.03 Å². The molecule has 4 nitrogen and oxygen atoms in total. The summed E-state index contributed by atoms with van der Waals surface area (Å²) in [6.45, 7) is 2.03. The van der Waals surface area contributed by atoms with E-state index >= 15 is 0 Å². The molecule has 0 atom stereocenters. The van der Waals surface area contributed by atoms with Crippen molar-refractivity contribution in [1.82, 2.24) is 5.32 Å². The van der Waals surface area contributed by atoms with Gasteiger partial charge in [0, 0.05) is 23.7 Å². The Morgan fingerprint density at radius 1 is 1.47 bits per heavy atom. The monoisotopic (exact) mass is 258 g/mol. The van der Waals surface area contributed by atoms with Crippen LogP contribution in [0, 0.1) is 18.8 Å². The summed E-state index contributed by atoms with van der Waals surface area (Å²) in [5, 5.41) is 14.4. The first-order valence-electron chi connectivity index (χ1n) is 6.47. The van der Waals surface area contributed by atoms with E-state index < -0.39 is 0 Å². The minimum atomic E-state index is -0.166. The number of amides is 2. The average Bonchev–Trinajstić information content (AvgIpc) is 3.17. The zero-order valence-corrected chi connectivity index (χ0v) is 11.0. The highest BCUT2D eigenvalue weighted by Gasteiger charge is 2.23. The molecule has 0 heterocycles. The lowest BCUT2D eigenvalue weighted by atomic mass is 10.1. The first kappa shape index (κ1) is 13.4. The Hall–Kier alpha value is -1.99. The van der Waals surface area contributed by atoms with E-state index in [-0.39, 0.29) is 12.6 Å². The van der Waals surface area contributed by atoms with Crippen LogP contribution in [0.15, 0.2) is 18.2 Å². The van der Waals surface area contributed by atoms with Crippen molar-refractivity contribution in [1.29, 1.82) is 0 Å². The number of hydrogen-bond acceptors (Lipinski definition) is 2. The Morgan fingerprint density at radius 3 is 2.95 bits per heavy atom. The smallest absolute Gasteiger partial charge is 0.319 e. The zero-order chi connectivity index (χ0) is 13.7. The second-order valence-electron chi connectivity index (χ2n) is 4.68. The van der Waals surface area contributed by atoms with Gasteiger partial charge in [-0.1, -0.05) is 17.9 Å².